The third-order valence-electron chi connectivity index (χ3n) is 1.14. The van der Waals surface area contributed by atoms with Gasteiger partial charge >= 0.3 is 7.60 Å². The molecular weight excluding hydrogens is 159 g/mol. The van der Waals surface area contributed by atoms with Crippen molar-refractivity contribution >= 4 is 7.60 Å². The van der Waals surface area contributed by atoms with Crippen LogP contribution in [0.5, 0.6) is 0 Å². The van der Waals surface area contributed by atoms with Crippen molar-refractivity contribution < 1.29 is 24.2 Å². The van der Waals surface area contributed by atoms with Gasteiger partial charge in [-0.25, -0.2) is 0 Å². The zero-order valence-corrected chi connectivity index (χ0v) is 6.65. The quantitative estimate of drug-likeness (QED) is 0.498. The molecule has 0 bridgehead atoms. The van der Waals surface area contributed by atoms with Crippen LogP contribution >= 0.6 is 7.60 Å². The molecule has 62 valence electrons. The topological polar surface area (TPSA) is 87.0 Å². The van der Waals surface area contributed by atoms with E-state index in [0.29, 0.717) is 0 Å². The van der Waals surface area contributed by atoms with E-state index in [4.69, 9.17) is 14.9 Å². The predicted octanol–water partition coefficient (Wildman–Crippen LogP) is -0.483. The molecule has 0 rings (SSSR count). The number of aliphatic hydroxyl groups is 1. The third kappa shape index (κ3) is 2.77. The van der Waals surface area contributed by atoms with Crippen molar-refractivity contribution in [2.24, 2.45) is 0 Å². The van der Waals surface area contributed by atoms with Crippen LogP contribution in [0.25, 0.3) is 0 Å². The van der Waals surface area contributed by atoms with Crippen molar-refractivity contribution in [3.05, 3.63) is 0 Å². The van der Waals surface area contributed by atoms with Crippen LogP contribution in [-0.4, -0.2) is 34.0 Å². The smallest absolute Gasteiger partial charge is 0.356 e. The molecular formula is C4H11O5P. The van der Waals surface area contributed by atoms with Crippen molar-refractivity contribution in [1.82, 2.24) is 0 Å². The number of methoxy groups -OCH3 is 1. The Hall–Kier alpha value is 0.0700. The van der Waals surface area contributed by atoms with Gasteiger partial charge in [0.05, 0.1) is 6.10 Å². The summed E-state index contributed by atoms with van der Waals surface area (Å²) < 4.78 is 14.8. The van der Waals surface area contributed by atoms with Gasteiger partial charge in [-0.2, -0.15) is 0 Å². The van der Waals surface area contributed by atoms with E-state index >= 15 is 0 Å². The molecule has 0 aliphatic heterocycles. The Kier molecular flexibility index (Phi) is 3.48. The van der Waals surface area contributed by atoms with E-state index in [9.17, 15) is 4.57 Å². The molecule has 6 heteroatoms. The molecule has 10 heavy (non-hydrogen) atoms. The summed E-state index contributed by atoms with van der Waals surface area (Å²) in [5, 5.41) is 8.77. The van der Waals surface area contributed by atoms with Crippen LogP contribution in [0.15, 0.2) is 0 Å². The van der Waals surface area contributed by atoms with E-state index in [-0.39, 0.29) is 0 Å². The van der Waals surface area contributed by atoms with E-state index in [0.717, 1.165) is 0 Å². The molecule has 3 N–H and O–H groups in total. The highest BCUT2D eigenvalue weighted by molar-refractivity contribution is 7.52. The Morgan fingerprint density at radius 3 is 2.00 bits per heavy atom. The van der Waals surface area contributed by atoms with E-state index in [1.54, 1.807) is 0 Å². The lowest BCUT2D eigenvalue weighted by atomic mass is 10.4. The Balaban J connectivity index is 4.08. The molecule has 2 unspecified atom stereocenters. The van der Waals surface area contributed by atoms with Crippen molar-refractivity contribution in [2.75, 3.05) is 7.11 Å². The Labute approximate surface area is 58.8 Å². The highest BCUT2D eigenvalue weighted by Crippen LogP contribution is 2.41. The maximum absolute atomic E-state index is 10.3. The predicted molar refractivity (Wildman–Crippen MR) is 34.5 cm³/mol. The zero-order valence-electron chi connectivity index (χ0n) is 5.76. The molecule has 0 aromatic rings. The Morgan fingerprint density at radius 1 is 1.50 bits per heavy atom. The van der Waals surface area contributed by atoms with Crippen LogP contribution in [0.3, 0.4) is 0 Å². The van der Waals surface area contributed by atoms with Gasteiger partial charge in [-0.1, -0.05) is 0 Å². The van der Waals surface area contributed by atoms with Crippen LogP contribution in [0.1, 0.15) is 6.92 Å². The highest BCUT2D eigenvalue weighted by atomic mass is 31.2. The second-order valence-electron chi connectivity index (χ2n) is 1.94. The normalized spacial score (nSPS) is 18.5. The SMILES string of the molecule is COC(C)C(O)P(=O)(O)O. The molecule has 0 saturated carbocycles. The summed E-state index contributed by atoms with van der Waals surface area (Å²) in [7, 11) is -3.13. The standard InChI is InChI=1S/C4H11O5P/c1-3(9-2)4(5)10(6,7)8/h3-5H,1-2H3,(H2,6,7,8). The summed E-state index contributed by atoms with van der Waals surface area (Å²) in [4.78, 5) is 16.7. The van der Waals surface area contributed by atoms with Crippen molar-refractivity contribution in [1.29, 1.82) is 0 Å². The maximum Gasteiger partial charge on any atom is 0.356 e. The maximum atomic E-state index is 10.3. The Morgan fingerprint density at radius 2 is 1.90 bits per heavy atom. The van der Waals surface area contributed by atoms with Gasteiger partial charge in [-0.05, 0) is 6.92 Å². The first-order valence-corrected chi connectivity index (χ1v) is 4.34. The van der Waals surface area contributed by atoms with E-state index in [1.165, 1.54) is 14.0 Å². The molecule has 0 aromatic carbocycles. The van der Waals surface area contributed by atoms with Gasteiger partial charge in [-0.15, -0.1) is 0 Å². The molecule has 0 fully saturated rings. The zero-order chi connectivity index (χ0) is 8.36. The summed E-state index contributed by atoms with van der Waals surface area (Å²) in [6, 6.07) is 0. The lowest BCUT2D eigenvalue weighted by Crippen LogP contribution is -2.24. The van der Waals surface area contributed by atoms with Gasteiger partial charge in [0, 0.05) is 7.11 Å². The van der Waals surface area contributed by atoms with Gasteiger partial charge in [0.2, 0.25) is 0 Å². The van der Waals surface area contributed by atoms with E-state index in [2.05, 4.69) is 4.74 Å². The summed E-state index contributed by atoms with van der Waals surface area (Å²) in [5.74, 6) is -1.72. The molecule has 2 atom stereocenters. The van der Waals surface area contributed by atoms with Gasteiger partial charge in [0.15, 0.2) is 5.85 Å². The molecule has 5 nitrogen and oxygen atoms in total. The molecule has 0 saturated heterocycles. The fourth-order valence-corrected chi connectivity index (χ4v) is 1.06. The summed E-state index contributed by atoms with van der Waals surface area (Å²) in [6.07, 6.45) is -0.846. The number of ether oxygens (including phenoxy) is 1. The van der Waals surface area contributed by atoms with Crippen LogP contribution in [0.2, 0.25) is 0 Å². The molecule has 0 amide bonds. The Bertz CT molecular complexity index is 141. The lowest BCUT2D eigenvalue weighted by molar-refractivity contribution is 0.0279. The lowest BCUT2D eigenvalue weighted by Gasteiger charge is -2.17. The van der Waals surface area contributed by atoms with Gasteiger partial charge in [0.1, 0.15) is 0 Å². The molecule has 0 heterocycles. The summed E-state index contributed by atoms with van der Waals surface area (Å²) in [6.45, 7) is 1.38. The first-order valence-electron chi connectivity index (χ1n) is 2.65. The number of aliphatic hydroxyl groups excluding tert-OH is 1. The fraction of sp³-hybridized carbons (Fsp3) is 1.00. The average molecular weight is 170 g/mol. The monoisotopic (exact) mass is 170 g/mol. The molecule has 0 radical (unpaired) electrons. The van der Waals surface area contributed by atoms with Crippen molar-refractivity contribution in [3.63, 3.8) is 0 Å². The fourth-order valence-electron chi connectivity index (χ4n) is 0.395. The molecule has 0 spiro atoms. The van der Waals surface area contributed by atoms with Gasteiger partial charge in [0.25, 0.3) is 0 Å². The second-order valence-corrected chi connectivity index (χ2v) is 3.65. The number of hydrogen-bond acceptors (Lipinski definition) is 3. The first kappa shape index (κ1) is 10.1. The van der Waals surface area contributed by atoms with E-state index < -0.39 is 19.5 Å². The van der Waals surface area contributed by atoms with Crippen molar-refractivity contribution in [2.45, 2.75) is 18.9 Å². The average Bonchev–Trinajstić information content (AvgIpc) is 1.83. The minimum Gasteiger partial charge on any atom is -0.378 e. The first-order chi connectivity index (χ1) is 4.39. The van der Waals surface area contributed by atoms with E-state index in [1.807, 2.05) is 0 Å². The largest absolute Gasteiger partial charge is 0.378 e. The minimum absolute atomic E-state index is 0.846. The van der Waals surface area contributed by atoms with Gasteiger partial charge in [-0.3, -0.25) is 4.57 Å². The van der Waals surface area contributed by atoms with Crippen molar-refractivity contribution in [3.8, 4) is 0 Å². The van der Waals surface area contributed by atoms with Crippen LogP contribution in [0, 0.1) is 0 Å². The molecule has 0 aromatic heterocycles. The second kappa shape index (κ2) is 3.46. The summed E-state index contributed by atoms with van der Waals surface area (Å²) >= 11 is 0. The third-order valence-corrected chi connectivity index (χ3v) is 2.25. The number of hydrogen-bond donors (Lipinski definition) is 3. The van der Waals surface area contributed by atoms with Crippen LogP contribution < -0.4 is 0 Å². The van der Waals surface area contributed by atoms with Gasteiger partial charge < -0.3 is 19.6 Å². The van der Waals surface area contributed by atoms with Crippen LogP contribution in [0.4, 0.5) is 0 Å². The van der Waals surface area contributed by atoms with Crippen LogP contribution in [-0.2, 0) is 9.30 Å². The molecule has 0 aliphatic carbocycles. The number of rotatable bonds is 3. The highest BCUT2D eigenvalue weighted by Gasteiger charge is 2.31. The minimum atomic E-state index is -4.40. The molecule has 0 aliphatic rings. The summed E-state index contributed by atoms with van der Waals surface area (Å²) in [5.41, 5.74) is 0.